The molecule has 0 spiro atoms. The van der Waals surface area contributed by atoms with E-state index in [1.54, 1.807) is 0 Å². The van der Waals surface area contributed by atoms with Crippen LogP contribution in [0.15, 0.2) is 12.2 Å². The zero-order chi connectivity index (χ0) is 12.1. The van der Waals surface area contributed by atoms with Crippen LogP contribution in [-0.4, -0.2) is 40.4 Å². The second-order valence-corrected chi connectivity index (χ2v) is 3.60. The smallest absolute Gasteiger partial charge is 0.320 e. The van der Waals surface area contributed by atoms with Crippen LogP contribution in [0.4, 0.5) is 0 Å². The minimum absolute atomic E-state index is 0.312. The molecular weight excluding hydrogens is 212 g/mol. The molecule has 0 aromatic carbocycles. The lowest BCUT2D eigenvalue weighted by molar-refractivity contribution is -0.139. The normalized spacial score (nSPS) is 16.9. The van der Waals surface area contributed by atoms with Crippen LogP contribution in [-0.2, 0) is 14.4 Å². The van der Waals surface area contributed by atoms with Crippen LogP contribution in [0.1, 0.15) is 19.3 Å². The Morgan fingerprint density at radius 2 is 1.88 bits per heavy atom. The van der Waals surface area contributed by atoms with Crippen LogP contribution in [0.3, 0.4) is 0 Å². The van der Waals surface area contributed by atoms with Crippen LogP contribution < -0.4 is 5.73 Å². The van der Waals surface area contributed by atoms with Crippen molar-refractivity contribution in [1.29, 1.82) is 0 Å². The Morgan fingerprint density at radius 1 is 1.31 bits per heavy atom. The predicted molar refractivity (Wildman–Crippen MR) is 55.3 cm³/mol. The number of nitrogens with zero attached hydrogens (tertiary/aromatic N) is 1. The summed E-state index contributed by atoms with van der Waals surface area (Å²) in [5, 5.41) is 8.52. The Labute approximate surface area is 92.7 Å². The van der Waals surface area contributed by atoms with Crippen molar-refractivity contribution in [3.05, 3.63) is 12.2 Å². The molecule has 0 bridgehead atoms. The lowest BCUT2D eigenvalue weighted by Gasteiger charge is -2.13. The van der Waals surface area contributed by atoms with Crippen LogP contribution in [0.5, 0.6) is 0 Å². The van der Waals surface area contributed by atoms with E-state index in [2.05, 4.69) is 0 Å². The summed E-state index contributed by atoms with van der Waals surface area (Å²) in [6.07, 6.45) is 3.94. The molecule has 2 amide bonds. The Kier molecular flexibility index (Phi) is 4.19. The van der Waals surface area contributed by atoms with Gasteiger partial charge in [-0.2, -0.15) is 0 Å². The van der Waals surface area contributed by atoms with Crippen molar-refractivity contribution in [1.82, 2.24) is 4.90 Å². The van der Waals surface area contributed by atoms with Gasteiger partial charge in [0.15, 0.2) is 0 Å². The van der Waals surface area contributed by atoms with E-state index in [1.165, 1.54) is 12.2 Å². The summed E-state index contributed by atoms with van der Waals surface area (Å²) in [5.41, 5.74) is 5.31. The van der Waals surface area contributed by atoms with Crippen molar-refractivity contribution in [3.63, 3.8) is 0 Å². The summed E-state index contributed by atoms with van der Waals surface area (Å²) in [5.74, 6) is -1.66. The van der Waals surface area contributed by atoms with Gasteiger partial charge in [-0.15, -0.1) is 0 Å². The molecule has 0 aromatic heterocycles. The highest BCUT2D eigenvalue weighted by Crippen LogP contribution is 2.07. The molecule has 6 heteroatoms. The number of rotatable bonds is 6. The van der Waals surface area contributed by atoms with Gasteiger partial charge in [0.25, 0.3) is 11.8 Å². The molecule has 88 valence electrons. The number of imide groups is 1. The summed E-state index contributed by atoms with van der Waals surface area (Å²) < 4.78 is 0. The minimum Gasteiger partial charge on any atom is -0.480 e. The Hall–Kier alpha value is -1.69. The second-order valence-electron chi connectivity index (χ2n) is 3.60. The van der Waals surface area contributed by atoms with Crippen molar-refractivity contribution in [2.45, 2.75) is 25.3 Å². The Morgan fingerprint density at radius 3 is 2.38 bits per heavy atom. The Bertz CT molecular complexity index is 320. The SMILES string of the molecule is NC(CCCCN1C(=O)C=CC1=O)C(=O)O. The summed E-state index contributed by atoms with van der Waals surface area (Å²) >= 11 is 0. The molecule has 16 heavy (non-hydrogen) atoms. The number of carbonyl (C=O) groups excluding carboxylic acids is 2. The van der Waals surface area contributed by atoms with Crippen LogP contribution in [0, 0.1) is 0 Å². The number of carbonyl (C=O) groups is 3. The van der Waals surface area contributed by atoms with Crippen LogP contribution in [0.2, 0.25) is 0 Å². The molecule has 0 radical (unpaired) electrons. The fourth-order valence-corrected chi connectivity index (χ4v) is 1.41. The molecule has 3 N–H and O–H groups in total. The first-order valence-corrected chi connectivity index (χ1v) is 5.04. The summed E-state index contributed by atoms with van der Waals surface area (Å²) in [6.45, 7) is 0.316. The third kappa shape index (κ3) is 3.16. The molecule has 0 aromatic rings. The van der Waals surface area contributed by atoms with Crippen molar-refractivity contribution in [2.75, 3.05) is 6.54 Å². The van der Waals surface area contributed by atoms with Crippen molar-refractivity contribution >= 4 is 17.8 Å². The summed E-state index contributed by atoms with van der Waals surface area (Å²) in [7, 11) is 0. The molecule has 0 fully saturated rings. The number of amides is 2. The topological polar surface area (TPSA) is 101 Å². The monoisotopic (exact) mass is 226 g/mol. The van der Waals surface area contributed by atoms with E-state index in [4.69, 9.17) is 10.8 Å². The number of nitrogens with two attached hydrogens (primary N) is 1. The first-order chi connectivity index (χ1) is 7.52. The molecule has 0 saturated heterocycles. The zero-order valence-electron chi connectivity index (χ0n) is 8.76. The fraction of sp³-hybridized carbons (Fsp3) is 0.500. The maximum absolute atomic E-state index is 11.1. The maximum atomic E-state index is 11.1. The molecule has 0 aliphatic carbocycles. The number of hydrogen-bond donors (Lipinski definition) is 2. The summed E-state index contributed by atoms with van der Waals surface area (Å²) in [4.78, 5) is 33.8. The van der Waals surface area contributed by atoms with E-state index in [1.807, 2.05) is 0 Å². The predicted octanol–water partition coefficient (Wildman–Crippen LogP) is -0.506. The largest absolute Gasteiger partial charge is 0.480 e. The molecule has 1 heterocycles. The quantitative estimate of drug-likeness (QED) is 0.469. The molecule has 6 nitrogen and oxygen atoms in total. The van der Waals surface area contributed by atoms with Crippen molar-refractivity contribution in [2.24, 2.45) is 5.73 Å². The first kappa shape index (κ1) is 12.4. The highest BCUT2D eigenvalue weighted by Gasteiger charge is 2.22. The number of carboxylic acid groups (broad SMARTS) is 1. The molecule has 1 atom stereocenters. The van der Waals surface area contributed by atoms with Gasteiger partial charge in [-0.25, -0.2) is 0 Å². The van der Waals surface area contributed by atoms with E-state index >= 15 is 0 Å². The van der Waals surface area contributed by atoms with Gasteiger partial charge in [0.2, 0.25) is 0 Å². The van der Waals surface area contributed by atoms with Crippen LogP contribution >= 0.6 is 0 Å². The van der Waals surface area contributed by atoms with Crippen molar-refractivity contribution in [3.8, 4) is 0 Å². The van der Waals surface area contributed by atoms with Gasteiger partial charge in [-0.3, -0.25) is 19.3 Å². The van der Waals surface area contributed by atoms with Gasteiger partial charge < -0.3 is 10.8 Å². The first-order valence-electron chi connectivity index (χ1n) is 5.04. The van der Waals surface area contributed by atoms with Gasteiger partial charge in [0.1, 0.15) is 6.04 Å². The second kappa shape index (κ2) is 5.41. The van der Waals surface area contributed by atoms with E-state index in [0.29, 0.717) is 25.8 Å². The molecular formula is C10H14N2O4. The van der Waals surface area contributed by atoms with Gasteiger partial charge in [0, 0.05) is 18.7 Å². The van der Waals surface area contributed by atoms with Gasteiger partial charge in [-0.1, -0.05) is 0 Å². The standard InChI is InChI=1S/C10H14N2O4/c11-7(10(15)16)3-1-2-6-12-8(13)4-5-9(12)14/h4-5,7H,1-3,6,11H2,(H,15,16). The Balaban J connectivity index is 2.19. The molecule has 1 aliphatic rings. The number of hydrogen-bond acceptors (Lipinski definition) is 4. The number of aliphatic carboxylic acids is 1. The van der Waals surface area contributed by atoms with E-state index < -0.39 is 12.0 Å². The van der Waals surface area contributed by atoms with Gasteiger partial charge >= 0.3 is 5.97 Å². The highest BCUT2D eigenvalue weighted by atomic mass is 16.4. The van der Waals surface area contributed by atoms with E-state index in [-0.39, 0.29) is 11.8 Å². The average molecular weight is 226 g/mol. The van der Waals surface area contributed by atoms with Crippen LogP contribution in [0.25, 0.3) is 0 Å². The number of carboxylic acids is 1. The highest BCUT2D eigenvalue weighted by molar-refractivity contribution is 6.12. The number of unbranched alkanes of at least 4 members (excludes halogenated alkanes) is 1. The lowest BCUT2D eigenvalue weighted by atomic mass is 10.1. The summed E-state index contributed by atoms with van der Waals surface area (Å²) in [6, 6.07) is -0.872. The third-order valence-corrected chi connectivity index (χ3v) is 2.36. The maximum Gasteiger partial charge on any atom is 0.320 e. The van der Waals surface area contributed by atoms with E-state index in [9.17, 15) is 14.4 Å². The van der Waals surface area contributed by atoms with Crippen molar-refractivity contribution < 1.29 is 19.5 Å². The molecule has 1 aliphatic heterocycles. The lowest BCUT2D eigenvalue weighted by Crippen LogP contribution is -2.32. The van der Waals surface area contributed by atoms with Gasteiger partial charge in [0.05, 0.1) is 0 Å². The minimum atomic E-state index is -1.03. The zero-order valence-corrected chi connectivity index (χ0v) is 8.76. The molecule has 1 rings (SSSR count). The van der Waals surface area contributed by atoms with Gasteiger partial charge in [-0.05, 0) is 19.3 Å². The fourth-order valence-electron chi connectivity index (χ4n) is 1.41. The van der Waals surface area contributed by atoms with E-state index in [0.717, 1.165) is 4.90 Å². The molecule has 0 saturated carbocycles. The molecule has 1 unspecified atom stereocenters. The average Bonchev–Trinajstić information content (AvgIpc) is 2.54. The third-order valence-electron chi connectivity index (χ3n) is 2.36.